The standard InChI is InChI=1S/C12H18N2OS/c1-9(8-16)12(15)13-10-5-4-6-11(7-10)14(2)3/h4-7,9,16H,8H2,1-3H3,(H,13,15). The maximum atomic E-state index is 11.7. The van der Waals surface area contributed by atoms with E-state index in [2.05, 4.69) is 17.9 Å². The van der Waals surface area contributed by atoms with Crippen LogP contribution in [0.25, 0.3) is 0 Å². The van der Waals surface area contributed by atoms with Gasteiger partial charge in [-0.25, -0.2) is 0 Å². The molecule has 1 aromatic rings. The van der Waals surface area contributed by atoms with Crippen molar-refractivity contribution in [1.29, 1.82) is 0 Å². The van der Waals surface area contributed by atoms with Crippen LogP contribution in [0.15, 0.2) is 24.3 Å². The van der Waals surface area contributed by atoms with Crippen LogP contribution in [-0.2, 0) is 4.79 Å². The highest BCUT2D eigenvalue weighted by Gasteiger charge is 2.10. The van der Waals surface area contributed by atoms with Crippen LogP contribution < -0.4 is 10.2 Å². The first-order valence-electron chi connectivity index (χ1n) is 5.23. The Bertz CT molecular complexity index is 366. The molecule has 0 saturated carbocycles. The quantitative estimate of drug-likeness (QED) is 0.789. The van der Waals surface area contributed by atoms with Gasteiger partial charge in [0.2, 0.25) is 5.91 Å². The molecule has 1 aromatic carbocycles. The summed E-state index contributed by atoms with van der Waals surface area (Å²) >= 11 is 4.11. The molecule has 0 aliphatic heterocycles. The summed E-state index contributed by atoms with van der Waals surface area (Å²) in [7, 11) is 3.94. The van der Waals surface area contributed by atoms with E-state index in [1.807, 2.05) is 50.2 Å². The van der Waals surface area contributed by atoms with Crippen molar-refractivity contribution in [3.05, 3.63) is 24.3 Å². The second-order valence-electron chi connectivity index (χ2n) is 4.02. The zero-order valence-corrected chi connectivity index (χ0v) is 10.8. The lowest BCUT2D eigenvalue weighted by atomic mass is 10.2. The lowest BCUT2D eigenvalue weighted by Crippen LogP contribution is -2.21. The monoisotopic (exact) mass is 238 g/mol. The number of carbonyl (C=O) groups is 1. The normalized spacial score (nSPS) is 12.0. The molecule has 0 spiro atoms. The first-order chi connectivity index (χ1) is 7.54. The third-order valence-corrected chi connectivity index (χ3v) is 2.90. The van der Waals surface area contributed by atoms with Gasteiger partial charge in [-0.2, -0.15) is 12.6 Å². The van der Waals surface area contributed by atoms with Gasteiger partial charge in [-0.1, -0.05) is 13.0 Å². The highest BCUT2D eigenvalue weighted by molar-refractivity contribution is 7.80. The van der Waals surface area contributed by atoms with E-state index in [1.165, 1.54) is 0 Å². The van der Waals surface area contributed by atoms with Gasteiger partial charge in [-0.05, 0) is 18.2 Å². The summed E-state index contributed by atoms with van der Waals surface area (Å²) in [6.07, 6.45) is 0. The van der Waals surface area contributed by atoms with Crippen molar-refractivity contribution in [3.63, 3.8) is 0 Å². The Kier molecular flexibility index (Phi) is 4.68. The van der Waals surface area contributed by atoms with Crippen LogP contribution in [0.3, 0.4) is 0 Å². The van der Waals surface area contributed by atoms with Crippen LogP contribution >= 0.6 is 12.6 Å². The second-order valence-corrected chi connectivity index (χ2v) is 4.38. The lowest BCUT2D eigenvalue weighted by molar-refractivity contribution is -0.118. The predicted molar refractivity (Wildman–Crippen MR) is 72.4 cm³/mol. The van der Waals surface area contributed by atoms with Crippen LogP contribution in [0.4, 0.5) is 11.4 Å². The highest BCUT2D eigenvalue weighted by atomic mass is 32.1. The van der Waals surface area contributed by atoms with Crippen molar-refractivity contribution in [2.45, 2.75) is 6.92 Å². The first-order valence-corrected chi connectivity index (χ1v) is 5.87. The van der Waals surface area contributed by atoms with Crippen LogP contribution in [0.5, 0.6) is 0 Å². The molecule has 1 unspecified atom stereocenters. The van der Waals surface area contributed by atoms with Gasteiger partial charge >= 0.3 is 0 Å². The smallest absolute Gasteiger partial charge is 0.228 e. The third kappa shape index (κ3) is 3.45. The number of amides is 1. The molecule has 4 heteroatoms. The summed E-state index contributed by atoms with van der Waals surface area (Å²) in [5, 5.41) is 2.87. The van der Waals surface area contributed by atoms with Gasteiger partial charge in [0.25, 0.3) is 0 Å². The Balaban J connectivity index is 2.74. The fourth-order valence-corrected chi connectivity index (χ4v) is 1.38. The number of nitrogens with one attached hydrogen (secondary N) is 1. The largest absolute Gasteiger partial charge is 0.378 e. The minimum Gasteiger partial charge on any atom is -0.378 e. The number of nitrogens with zero attached hydrogens (tertiary/aromatic N) is 1. The van der Waals surface area contributed by atoms with E-state index in [9.17, 15) is 4.79 Å². The molecule has 0 aliphatic rings. The van der Waals surface area contributed by atoms with E-state index in [4.69, 9.17) is 0 Å². The lowest BCUT2D eigenvalue weighted by Gasteiger charge is -2.15. The molecule has 0 aromatic heterocycles. The first kappa shape index (κ1) is 12.9. The average Bonchev–Trinajstić information content (AvgIpc) is 2.28. The van der Waals surface area contributed by atoms with E-state index in [-0.39, 0.29) is 11.8 Å². The molecule has 1 amide bonds. The summed E-state index contributed by atoms with van der Waals surface area (Å²) in [5.41, 5.74) is 1.89. The second kappa shape index (κ2) is 5.80. The molecule has 3 nitrogen and oxygen atoms in total. The van der Waals surface area contributed by atoms with Gasteiger partial charge in [0.05, 0.1) is 0 Å². The van der Waals surface area contributed by atoms with Gasteiger partial charge in [0.1, 0.15) is 0 Å². The topological polar surface area (TPSA) is 32.3 Å². The summed E-state index contributed by atoms with van der Waals surface area (Å²) < 4.78 is 0. The van der Waals surface area contributed by atoms with Gasteiger partial charge in [0, 0.05) is 37.1 Å². The predicted octanol–water partition coefficient (Wildman–Crippen LogP) is 2.26. The molecule has 1 rings (SSSR count). The van der Waals surface area contributed by atoms with Gasteiger partial charge in [-0.3, -0.25) is 4.79 Å². The number of rotatable bonds is 4. The molecule has 0 radical (unpaired) electrons. The third-order valence-electron chi connectivity index (χ3n) is 2.35. The van der Waals surface area contributed by atoms with E-state index in [1.54, 1.807) is 0 Å². The van der Waals surface area contributed by atoms with Crippen molar-refractivity contribution < 1.29 is 4.79 Å². The number of anilines is 2. The van der Waals surface area contributed by atoms with Gasteiger partial charge < -0.3 is 10.2 Å². The Labute approximate surface area is 102 Å². The van der Waals surface area contributed by atoms with Crippen LogP contribution in [-0.4, -0.2) is 25.8 Å². The molecule has 0 fully saturated rings. The molecular formula is C12H18N2OS. The zero-order valence-electron chi connectivity index (χ0n) is 9.90. The summed E-state index contributed by atoms with van der Waals surface area (Å²) in [6.45, 7) is 1.86. The number of hydrogen-bond acceptors (Lipinski definition) is 3. The molecule has 1 N–H and O–H groups in total. The number of benzene rings is 1. The molecule has 0 heterocycles. The molecule has 0 saturated heterocycles. The van der Waals surface area contributed by atoms with Crippen molar-refractivity contribution in [2.75, 3.05) is 30.1 Å². The molecule has 1 atom stereocenters. The van der Waals surface area contributed by atoms with Crippen molar-refractivity contribution in [2.24, 2.45) is 5.92 Å². The Hall–Kier alpha value is -1.16. The van der Waals surface area contributed by atoms with Crippen molar-refractivity contribution >= 4 is 29.9 Å². The molecular weight excluding hydrogens is 220 g/mol. The summed E-state index contributed by atoms with van der Waals surface area (Å²) in [5.74, 6) is 0.483. The highest BCUT2D eigenvalue weighted by Crippen LogP contribution is 2.17. The van der Waals surface area contributed by atoms with E-state index < -0.39 is 0 Å². The summed E-state index contributed by atoms with van der Waals surface area (Å²) in [6, 6.07) is 7.76. The number of hydrogen-bond donors (Lipinski definition) is 2. The van der Waals surface area contributed by atoms with Crippen LogP contribution in [0, 0.1) is 5.92 Å². The minimum atomic E-state index is -0.0775. The summed E-state index contributed by atoms with van der Waals surface area (Å²) in [4.78, 5) is 13.6. The fraction of sp³-hybridized carbons (Fsp3) is 0.417. The van der Waals surface area contributed by atoms with Gasteiger partial charge in [-0.15, -0.1) is 0 Å². The number of thiol groups is 1. The average molecular weight is 238 g/mol. The molecule has 16 heavy (non-hydrogen) atoms. The molecule has 88 valence electrons. The van der Waals surface area contributed by atoms with E-state index >= 15 is 0 Å². The van der Waals surface area contributed by atoms with E-state index in [0.717, 1.165) is 11.4 Å². The molecule has 0 aliphatic carbocycles. The number of carbonyl (C=O) groups excluding carboxylic acids is 1. The zero-order chi connectivity index (χ0) is 12.1. The SMILES string of the molecule is CC(CS)C(=O)Nc1cccc(N(C)C)c1. The van der Waals surface area contributed by atoms with Crippen LogP contribution in [0.1, 0.15) is 6.92 Å². The minimum absolute atomic E-state index is 0.00547. The Morgan fingerprint density at radius 3 is 2.75 bits per heavy atom. The Morgan fingerprint density at radius 2 is 2.19 bits per heavy atom. The fourth-order valence-electron chi connectivity index (χ4n) is 1.21. The molecule has 0 bridgehead atoms. The maximum Gasteiger partial charge on any atom is 0.228 e. The maximum absolute atomic E-state index is 11.7. The van der Waals surface area contributed by atoms with Crippen LogP contribution in [0.2, 0.25) is 0 Å². The van der Waals surface area contributed by atoms with Crippen molar-refractivity contribution in [3.8, 4) is 0 Å². The van der Waals surface area contributed by atoms with Crippen molar-refractivity contribution in [1.82, 2.24) is 0 Å². The Morgan fingerprint density at radius 1 is 1.50 bits per heavy atom. The van der Waals surface area contributed by atoms with Gasteiger partial charge in [0.15, 0.2) is 0 Å². The van der Waals surface area contributed by atoms with E-state index in [0.29, 0.717) is 5.75 Å².